The highest BCUT2D eigenvalue weighted by Gasteiger charge is 2.32. The zero-order valence-electron chi connectivity index (χ0n) is 11.1. The van der Waals surface area contributed by atoms with Crippen LogP contribution in [0.2, 0.25) is 0 Å². The number of hydrogen-bond acceptors (Lipinski definition) is 4. The standard InChI is InChI=1S/C13H25N3O/c1-3-5-10(2)12-8-15-13(14)16(12)9-11-6-4-7-17-11/h10-12H,3-9H2,1-2H3,(H2,14,15). The predicted octanol–water partition coefficient (Wildman–Crippen LogP) is 1.60. The van der Waals surface area contributed by atoms with Gasteiger partial charge in [-0.05, 0) is 25.2 Å². The Morgan fingerprint density at radius 2 is 2.41 bits per heavy atom. The van der Waals surface area contributed by atoms with Crippen molar-refractivity contribution in [1.29, 1.82) is 0 Å². The summed E-state index contributed by atoms with van der Waals surface area (Å²) >= 11 is 0. The lowest BCUT2D eigenvalue weighted by Gasteiger charge is -2.32. The van der Waals surface area contributed by atoms with Crippen LogP contribution in [0.5, 0.6) is 0 Å². The van der Waals surface area contributed by atoms with Crippen molar-refractivity contribution in [2.75, 3.05) is 19.7 Å². The molecule has 2 heterocycles. The Morgan fingerprint density at radius 3 is 3.06 bits per heavy atom. The van der Waals surface area contributed by atoms with Crippen LogP contribution in [0, 0.1) is 5.92 Å². The molecular formula is C13H25N3O. The molecule has 4 nitrogen and oxygen atoms in total. The first kappa shape index (κ1) is 12.7. The summed E-state index contributed by atoms with van der Waals surface area (Å²) in [6.07, 6.45) is 5.18. The van der Waals surface area contributed by atoms with Crippen LogP contribution in [-0.2, 0) is 4.74 Å². The third-order valence-electron chi connectivity index (χ3n) is 3.96. The van der Waals surface area contributed by atoms with Crippen molar-refractivity contribution in [3.8, 4) is 0 Å². The Morgan fingerprint density at radius 1 is 1.59 bits per heavy atom. The first-order valence-corrected chi connectivity index (χ1v) is 6.90. The molecule has 0 aromatic heterocycles. The van der Waals surface area contributed by atoms with E-state index in [1.54, 1.807) is 0 Å². The van der Waals surface area contributed by atoms with Gasteiger partial charge in [0.15, 0.2) is 5.96 Å². The van der Waals surface area contributed by atoms with Crippen molar-refractivity contribution in [2.45, 2.75) is 51.7 Å². The normalized spacial score (nSPS) is 30.7. The third kappa shape index (κ3) is 2.92. The molecule has 0 spiro atoms. The Bertz CT molecular complexity index is 274. The average molecular weight is 239 g/mol. The minimum atomic E-state index is 0.359. The lowest BCUT2D eigenvalue weighted by molar-refractivity contribution is 0.0788. The van der Waals surface area contributed by atoms with Crippen molar-refractivity contribution in [2.24, 2.45) is 16.6 Å². The van der Waals surface area contributed by atoms with Crippen LogP contribution in [0.3, 0.4) is 0 Å². The first-order chi connectivity index (χ1) is 8.22. The summed E-state index contributed by atoms with van der Waals surface area (Å²) in [6.45, 7) is 7.24. The number of aliphatic imine (C=N–C) groups is 1. The predicted molar refractivity (Wildman–Crippen MR) is 70.0 cm³/mol. The molecule has 1 saturated heterocycles. The minimum Gasteiger partial charge on any atom is -0.376 e. The van der Waals surface area contributed by atoms with Crippen LogP contribution < -0.4 is 5.73 Å². The van der Waals surface area contributed by atoms with Gasteiger partial charge < -0.3 is 15.4 Å². The zero-order valence-corrected chi connectivity index (χ0v) is 11.1. The summed E-state index contributed by atoms with van der Waals surface area (Å²) < 4.78 is 5.70. The van der Waals surface area contributed by atoms with E-state index in [-0.39, 0.29) is 0 Å². The molecule has 0 aliphatic carbocycles. The molecule has 2 rings (SSSR count). The van der Waals surface area contributed by atoms with Gasteiger partial charge in [-0.1, -0.05) is 20.3 Å². The molecular weight excluding hydrogens is 214 g/mol. The molecule has 3 atom stereocenters. The topological polar surface area (TPSA) is 50.8 Å². The van der Waals surface area contributed by atoms with Crippen LogP contribution >= 0.6 is 0 Å². The van der Waals surface area contributed by atoms with E-state index in [2.05, 4.69) is 23.7 Å². The maximum absolute atomic E-state index is 6.00. The number of nitrogens with zero attached hydrogens (tertiary/aromatic N) is 2. The van der Waals surface area contributed by atoms with Crippen LogP contribution in [0.1, 0.15) is 39.5 Å². The fourth-order valence-electron chi connectivity index (χ4n) is 2.92. The Kier molecular flexibility index (Phi) is 4.26. The molecule has 4 heteroatoms. The van der Waals surface area contributed by atoms with Crippen molar-refractivity contribution in [3.63, 3.8) is 0 Å². The Balaban J connectivity index is 1.92. The van der Waals surface area contributed by atoms with E-state index in [4.69, 9.17) is 10.5 Å². The van der Waals surface area contributed by atoms with Gasteiger partial charge in [0.05, 0.1) is 18.7 Å². The molecule has 17 heavy (non-hydrogen) atoms. The molecule has 0 aromatic rings. The smallest absolute Gasteiger partial charge is 0.191 e. The molecule has 3 unspecified atom stereocenters. The highest BCUT2D eigenvalue weighted by Crippen LogP contribution is 2.23. The molecule has 1 fully saturated rings. The number of ether oxygens (including phenoxy) is 1. The Labute approximate surface area is 104 Å². The van der Waals surface area contributed by atoms with Crippen LogP contribution in [0.15, 0.2) is 4.99 Å². The van der Waals surface area contributed by atoms with Gasteiger partial charge in [0.25, 0.3) is 0 Å². The van der Waals surface area contributed by atoms with E-state index >= 15 is 0 Å². The molecule has 98 valence electrons. The number of hydrogen-bond donors (Lipinski definition) is 1. The van der Waals surface area contributed by atoms with E-state index in [0.717, 1.165) is 19.7 Å². The average Bonchev–Trinajstić information content (AvgIpc) is 2.91. The number of guanidine groups is 1. The molecule has 2 N–H and O–H groups in total. The van der Waals surface area contributed by atoms with Gasteiger partial charge in [-0.25, -0.2) is 0 Å². The summed E-state index contributed by atoms with van der Waals surface area (Å²) in [4.78, 5) is 6.68. The van der Waals surface area contributed by atoms with Crippen molar-refractivity contribution in [1.82, 2.24) is 4.90 Å². The lowest BCUT2D eigenvalue weighted by atomic mass is 9.96. The van der Waals surface area contributed by atoms with E-state index in [1.807, 2.05) is 0 Å². The highest BCUT2D eigenvalue weighted by atomic mass is 16.5. The van der Waals surface area contributed by atoms with Crippen LogP contribution in [-0.4, -0.2) is 42.7 Å². The van der Waals surface area contributed by atoms with Gasteiger partial charge in [-0.2, -0.15) is 0 Å². The Hall–Kier alpha value is -0.770. The molecule has 0 radical (unpaired) electrons. The van der Waals surface area contributed by atoms with Gasteiger partial charge in [-0.3, -0.25) is 4.99 Å². The third-order valence-corrected chi connectivity index (χ3v) is 3.96. The zero-order chi connectivity index (χ0) is 12.3. The van der Waals surface area contributed by atoms with E-state index in [0.29, 0.717) is 24.0 Å². The van der Waals surface area contributed by atoms with Gasteiger partial charge >= 0.3 is 0 Å². The van der Waals surface area contributed by atoms with Crippen molar-refractivity contribution >= 4 is 5.96 Å². The number of nitrogens with two attached hydrogens (primary N) is 1. The fraction of sp³-hybridized carbons (Fsp3) is 0.923. The first-order valence-electron chi connectivity index (χ1n) is 6.90. The summed E-state index contributed by atoms with van der Waals surface area (Å²) in [6, 6.07) is 0.485. The monoisotopic (exact) mass is 239 g/mol. The second-order valence-corrected chi connectivity index (χ2v) is 5.32. The fourth-order valence-corrected chi connectivity index (χ4v) is 2.92. The summed E-state index contributed by atoms with van der Waals surface area (Å²) in [5, 5.41) is 0. The molecule has 0 amide bonds. The van der Waals surface area contributed by atoms with Gasteiger partial charge in [0, 0.05) is 13.2 Å². The van der Waals surface area contributed by atoms with E-state index in [1.165, 1.54) is 25.7 Å². The quantitative estimate of drug-likeness (QED) is 0.793. The minimum absolute atomic E-state index is 0.359. The van der Waals surface area contributed by atoms with E-state index in [9.17, 15) is 0 Å². The molecule has 0 saturated carbocycles. The number of rotatable bonds is 5. The maximum atomic E-state index is 6.00. The van der Waals surface area contributed by atoms with Crippen molar-refractivity contribution in [3.05, 3.63) is 0 Å². The maximum Gasteiger partial charge on any atom is 0.191 e. The molecule has 2 aliphatic heterocycles. The highest BCUT2D eigenvalue weighted by molar-refractivity contribution is 5.80. The van der Waals surface area contributed by atoms with Crippen molar-refractivity contribution < 1.29 is 4.74 Å². The molecule has 0 bridgehead atoms. The summed E-state index contributed by atoms with van der Waals surface area (Å²) in [7, 11) is 0. The summed E-state index contributed by atoms with van der Waals surface area (Å²) in [5.41, 5.74) is 6.00. The molecule has 2 aliphatic rings. The van der Waals surface area contributed by atoms with Crippen LogP contribution in [0.25, 0.3) is 0 Å². The van der Waals surface area contributed by atoms with E-state index < -0.39 is 0 Å². The second-order valence-electron chi connectivity index (χ2n) is 5.32. The second kappa shape index (κ2) is 5.71. The SMILES string of the molecule is CCCC(C)C1CN=C(N)N1CC1CCCO1. The van der Waals surface area contributed by atoms with Gasteiger partial charge in [0.2, 0.25) is 0 Å². The summed E-state index contributed by atoms with van der Waals surface area (Å²) in [5.74, 6) is 1.37. The van der Waals surface area contributed by atoms with Gasteiger partial charge in [0.1, 0.15) is 0 Å². The lowest BCUT2D eigenvalue weighted by Crippen LogP contribution is -2.47. The molecule has 0 aromatic carbocycles. The van der Waals surface area contributed by atoms with Gasteiger partial charge in [-0.15, -0.1) is 0 Å². The van der Waals surface area contributed by atoms with Crippen LogP contribution in [0.4, 0.5) is 0 Å². The largest absolute Gasteiger partial charge is 0.376 e.